The van der Waals surface area contributed by atoms with Crippen LogP contribution in [0, 0.1) is 0 Å². The Kier molecular flexibility index (Phi) is 10.5. The fraction of sp³-hybridized carbons (Fsp3) is 0.333. The summed E-state index contributed by atoms with van der Waals surface area (Å²) in [5.74, 6) is -0.609. The Hall–Kier alpha value is -4.02. The Morgan fingerprint density at radius 3 is 2.38 bits per heavy atom. The molecule has 0 spiro atoms. The van der Waals surface area contributed by atoms with Gasteiger partial charge >= 0.3 is 0 Å². The van der Waals surface area contributed by atoms with E-state index in [-0.39, 0.29) is 44.5 Å². The second-order valence-corrected chi connectivity index (χ2v) is 11.2. The van der Waals surface area contributed by atoms with Crippen LogP contribution in [0.4, 0.5) is 0 Å². The van der Waals surface area contributed by atoms with Crippen LogP contribution in [0.25, 0.3) is 22.0 Å². The summed E-state index contributed by atoms with van der Waals surface area (Å²) in [6, 6.07) is 22.5. The number of fused-ring (bicyclic) bond motifs is 1. The summed E-state index contributed by atoms with van der Waals surface area (Å²) in [6.07, 6.45) is 1.31. The number of aromatic nitrogens is 1. The Morgan fingerprint density at radius 2 is 1.64 bits per heavy atom. The number of nitrogens with one attached hydrogen (secondary N) is 4. The minimum absolute atomic E-state index is 0.0463. The van der Waals surface area contributed by atoms with Crippen molar-refractivity contribution in [2.24, 2.45) is 0 Å². The zero-order valence-corrected chi connectivity index (χ0v) is 24.1. The lowest BCUT2D eigenvalue weighted by Crippen LogP contribution is -2.52. The molecule has 0 aliphatic carbocycles. The van der Waals surface area contributed by atoms with Gasteiger partial charge < -0.3 is 36.3 Å². The molecule has 9 nitrogen and oxygen atoms in total. The van der Waals surface area contributed by atoms with Gasteiger partial charge in [0.25, 0.3) is 0 Å². The molecule has 2 amide bonds. The zero-order chi connectivity index (χ0) is 30.1. The van der Waals surface area contributed by atoms with E-state index in [1.165, 1.54) is 0 Å². The Labute approximate surface area is 246 Å². The van der Waals surface area contributed by atoms with Crippen LogP contribution < -0.4 is 16.0 Å². The van der Waals surface area contributed by atoms with Crippen LogP contribution in [0.15, 0.2) is 79.0 Å². The summed E-state index contributed by atoms with van der Waals surface area (Å²) in [7, 11) is 0. The maximum Gasteiger partial charge on any atom is 0.243 e. The molecule has 9 heteroatoms. The number of benzene rings is 3. The molecule has 2 atom stereocenters. The molecule has 0 bridgehead atoms. The monoisotopic (exact) mass is 572 g/mol. The smallest absolute Gasteiger partial charge is 0.243 e. The first kappa shape index (κ1) is 30.9. The van der Waals surface area contributed by atoms with Crippen LogP contribution in [0.5, 0.6) is 0 Å². The van der Waals surface area contributed by atoms with E-state index in [9.17, 15) is 19.8 Å². The Morgan fingerprint density at radius 1 is 0.929 bits per heavy atom. The largest absolute Gasteiger partial charge is 0.394 e. The second kappa shape index (κ2) is 14.2. The molecule has 0 fully saturated rings. The van der Waals surface area contributed by atoms with Crippen molar-refractivity contribution >= 4 is 22.7 Å². The van der Waals surface area contributed by atoms with Crippen molar-refractivity contribution in [1.82, 2.24) is 20.9 Å². The van der Waals surface area contributed by atoms with Crippen molar-refractivity contribution in [2.75, 3.05) is 13.2 Å². The van der Waals surface area contributed by atoms with Crippen molar-refractivity contribution in [3.8, 4) is 11.1 Å². The van der Waals surface area contributed by atoms with Crippen LogP contribution in [0.2, 0.25) is 0 Å². The van der Waals surface area contributed by atoms with Gasteiger partial charge in [-0.15, -0.1) is 0 Å². The number of amides is 2. The van der Waals surface area contributed by atoms with E-state index >= 15 is 0 Å². The highest BCUT2D eigenvalue weighted by molar-refractivity contribution is 5.90. The number of aliphatic hydroxyl groups is 3. The van der Waals surface area contributed by atoms with Gasteiger partial charge in [-0.25, -0.2) is 0 Å². The van der Waals surface area contributed by atoms with E-state index in [0.29, 0.717) is 6.42 Å². The van der Waals surface area contributed by atoms with E-state index in [2.05, 4.69) is 20.9 Å². The molecule has 4 rings (SSSR count). The first-order chi connectivity index (χ1) is 20.2. The molecule has 1 aromatic heterocycles. The molecule has 1 heterocycles. The quantitative estimate of drug-likeness (QED) is 0.124. The first-order valence-corrected chi connectivity index (χ1v) is 14.1. The van der Waals surface area contributed by atoms with Gasteiger partial charge in [-0.3, -0.25) is 9.59 Å². The van der Waals surface area contributed by atoms with E-state index in [1.807, 2.05) is 92.8 Å². The molecule has 0 saturated carbocycles. The molecular formula is C33H40N4O5. The fourth-order valence-corrected chi connectivity index (χ4v) is 4.95. The van der Waals surface area contributed by atoms with Crippen LogP contribution in [0.3, 0.4) is 0 Å². The third-order valence-electron chi connectivity index (χ3n) is 7.30. The summed E-state index contributed by atoms with van der Waals surface area (Å²) in [4.78, 5) is 29.8. The predicted molar refractivity (Wildman–Crippen MR) is 163 cm³/mol. The molecule has 0 aliphatic rings. The van der Waals surface area contributed by atoms with E-state index in [0.717, 1.165) is 38.7 Å². The molecular weight excluding hydrogens is 532 g/mol. The van der Waals surface area contributed by atoms with Crippen molar-refractivity contribution in [2.45, 2.75) is 57.5 Å². The number of carbonyl (C=O) groups excluding carboxylic acids is 2. The Bertz CT molecular complexity index is 1480. The standard InChI is InChI=1S/C33H40N4O5/c1-33(2,36-19-26(40)21-39)16-31(41)37-30(15-25-18-34-29-10-6-5-9-28(25)29)32(42)35-17-22-11-13-23(14-12-22)27-8-4-3-7-24(27)20-38/h3-14,18,26,30,34,36,38-40H,15-17,19-21H2,1-2H3,(H,35,42)(H,37,41)/t26-,30+/m0/s1. The third kappa shape index (κ3) is 8.27. The van der Waals surface area contributed by atoms with Crippen LogP contribution in [-0.2, 0) is 29.2 Å². The molecule has 0 unspecified atom stereocenters. The van der Waals surface area contributed by atoms with Gasteiger partial charge in [0.05, 0.1) is 19.3 Å². The van der Waals surface area contributed by atoms with Crippen molar-refractivity contribution in [1.29, 1.82) is 0 Å². The number of para-hydroxylation sites is 1. The summed E-state index contributed by atoms with van der Waals surface area (Å²) < 4.78 is 0. The summed E-state index contributed by atoms with van der Waals surface area (Å²) in [5, 5.41) is 38.4. The Balaban J connectivity index is 1.45. The van der Waals surface area contributed by atoms with Crippen molar-refractivity contribution in [3.05, 3.63) is 95.7 Å². The molecule has 4 aromatic rings. The van der Waals surface area contributed by atoms with Gasteiger partial charge in [0.2, 0.25) is 11.8 Å². The summed E-state index contributed by atoms with van der Waals surface area (Å²) in [5.41, 5.74) is 4.88. The van der Waals surface area contributed by atoms with E-state index in [4.69, 9.17) is 5.11 Å². The molecule has 0 radical (unpaired) electrons. The number of β-amino-alcohol motifs (C(OH)–C–C–N with tert-alkyl or cyclic N) is 1. The van der Waals surface area contributed by atoms with Gasteiger partial charge in [0.15, 0.2) is 0 Å². The summed E-state index contributed by atoms with van der Waals surface area (Å²) in [6.45, 7) is 3.66. The lowest BCUT2D eigenvalue weighted by Gasteiger charge is -2.28. The topological polar surface area (TPSA) is 147 Å². The fourth-order valence-electron chi connectivity index (χ4n) is 4.95. The maximum absolute atomic E-state index is 13.5. The molecule has 222 valence electrons. The van der Waals surface area contributed by atoms with Crippen LogP contribution >= 0.6 is 0 Å². The van der Waals surface area contributed by atoms with E-state index < -0.39 is 17.7 Å². The maximum atomic E-state index is 13.5. The molecule has 3 aromatic carbocycles. The number of hydrogen-bond acceptors (Lipinski definition) is 6. The van der Waals surface area contributed by atoms with Crippen LogP contribution in [0.1, 0.15) is 37.0 Å². The average molecular weight is 573 g/mol. The highest BCUT2D eigenvalue weighted by atomic mass is 16.3. The van der Waals surface area contributed by atoms with Gasteiger partial charge in [-0.2, -0.15) is 0 Å². The normalized spacial score (nSPS) is 13.1. The van der Waals surface area contributed by atoms with Gasteiger partial charge in [0, 0.05) is 48.6 Å². The number of H-pyrrole nitrogens is 1. The minimum Gasteiger partial charge on any atom is -0.394 e. The third-order valence-corrected chi connectivity index (χ3v) is 7.30. The lowest BCUT2D eigenvalue weighted by molar-refractivity contribution is -0.129. The zero-order valence-electron chi connectivity index (χ0n) is 24.1. The lowest BCUT2D eigenvalue weighted by atomic mass is 9.98. The molecule has 7 N–H and O–H groups in total. The SMILES string of the molecule is CC(C)(CC(=O)N[C@H](Cc1c[nH]c2ccccc12)C(=O)NCc1ccc(-c2ccccc2CO)cc1)NC[C@H](O)CO. The number of aliphatic hydroxyl groups excluding tert-OH is 3. The number of hydrogen-bond donors (Lipinski definition) is 7. The summed E-state index contributed by atoms with van der Waals surface area (Å²) >= 11 is 0. The highest BCUT2D eigenvalue weighted by Crippen LogP contribution is 2.24. The second-order valence-electron chi connectivity index (χ2n) is 11.2. The molecule has 0 aliphatic heterocycles. The highest BCUT2D eigenvalue weighted by Gasteiger charge is 2.27. The van der Waals surface area contributed by atoms with Crippen LogP contribution in [-0.4, -0.2) is 63.0 Å². The average Bonchev–Trinajstić information content (AvgIpc) is 3.41. The minimum atomic E-state index is -0.925. The predicted octanol–water partition coefficient (Wildman–Crippen LogP) is 2.78. The molecule has 42 heavy (non-hydrogen) atoms. The van der Waals surface area contributed by atoms with Crippen molar-refractivity contribution < 1.29 is 24.9 Å². The van der Waals surface area contributed by atoms with Gasteiger partial charge in [-0.1, -0.05) is 66.7 Å². The number of rotatable bonds is 14. The van der Waals surface area contributed by atoms with Crippen molar-refractivity contribution in [3.63, 3.8) is 0 Å². The first-order valence-electron chi connectivity index (χ1n) is 14.1. The number of aromatic amines is 1. The van der Waals surface area contributed by atoms with Gasteiger partial charge in [0.1, 0.15) is 6.04 Å². The molecule has 0 saturated heterocycles. The van der Waals surface area contributed by atoms with E-state index in [1.54, 1.807) is 0 Å². The van der Waals surface area contributed by atoms with Gasteiger partial charge in [-0.05, 0) is 47.7 Å². The number of carbonyl (C=O) groups is 2.